The van der Waals surface area contributed by atoms with Gasteiger partial charge in [-0.2, -0.15) is 0 Å². The van der Waals surface area contributed by atoms with E-state index in [1.54, 1.807) is 4.90 Å². The number of amides is 2. The number of nitrogens with zero attached hydrogens (tertiary/aromatic N) is 4. The van der Waals surface area contributed by atoms with Gasteiger partial charge in [-0.25, -0.2) is 9.37 Å². The number of aliphatic hydroxyl groups excluding tert-OH is 1. The smallest absolute Gasteiger partial charge is 0.274 e. The summed E-state index contributed by atoms with van der Waals surface area (Å²) in [6.07, 6.45) is 3.61. The number of hydrogen-bond donors (Lipinski definition) is 1. The fourth-order valence-corrected chi connectivity index (χ4v) is 2.87. The summed E-state index contributed by atoms with van der Waals surface area (Å²) in [5.41, 5.74) is 0.603. The predicted octanol–water partition coefficient (Wildman–Crippen LogP) is 1.02. The molecule has 0 radical (unpaired) electrons. The lowest BCUT2D eigenvalue weighted by atomic mass is 10.1. The van der Waals surface area contributed by atoms with Gasteiger partial charge in [-0.1, -0.05) is 12.1 Å². The summed E-state index contributed by atoms with van der Waals surface area (Å²) in [5, 5.41) is 10.3. The molecule has 7 nitrogen and oxygen atoms in total. The number of rotatable bonds is 3. The molecule has 2 heterocycles. The van der Waals surface area contributed by atoms with Crippen LogP contribution in [0, 0.1) is 5.82 Å². The molecule has 1 aliphatic rings. The summed E-state index contributed by atoms with van der Waals surface area (Å²) in [6.45, 7) is 1.58. The third-order valence-corrected chi connectivity index (χ3v) is 4.30. The van der Waals surface area contributed by atoms with Crippen LogP contribution in [0.4, 0.5) is 4.39 Å². The second-order valence-corrected chi connectivity index (χ2v) is 6.02. The Labute approximate surface area is 150 Å². The second kappa shape index (κ2) is 8.01. The number of carbonyl (C=O) groups excluding carboxylic acids is 2. The maximum atomic E-state index is 13.0. The highest BCUT2D eigenvalue weighted by Gasteiger charge is 2.27. The summed E-state index contributed by atoms with van der Waals surface area (Å²) >= 11 is 0. The third-order valence-electron chi connectivity index (χ3n) is 4.30. The monoisotopic (exact) mass is 358 g/mol. The molecule has 0 saturated carbocycles. The van der Waals surface area contributed by atoms with Gasteiger partial charge < -0.3 is 14.9 Å². The number of hydrogen-bond acceptors (Lipinski definition) is 5. The van der Waals surface area contributed by atoms with E-state index in [9.17, 15) is 19.1 Å². The quantitative estimate of drug-likeness (QED) is 0.885. The van der Waals surface area contributed by atoms with Crippen molar-refractivity contribution >= 4 is 11.8 Å². The molecule has 1 aromatic carbocycles. The van der Waals surface area contributed by atoms with Crippen molar-refractivity contribution in [3.05, 3.63) is 59.9 Å². The van der Waals surface area contributed by atoms with E-state index >= 15 is 0 Å². The lowest BCUT2D eigenvalue weighted by Crippen LogP contribution is -2.39. The van der Waals surface area contributed by atoms with Crippen molar-refractivity contribution in [3.8, 4) is 0 Å². The molecule has 1 saturated heterocycles. The first-order valence-electron chi connectivity index (χ1n) is 8.34. The number of aliphatic hydroxyl groups is 1. The van der Waals surface area contributed by atoms with Gasteiger partial charge >= 0.3 is 0 Å². The van der Waals surface area contributed by atoms with Gasteiger partial charge in [-0.05, 0) is 24.1 Å². The maximum Gasteiger partial charge on any atom is 0.274 e. The van der Waals surface area contributed by atoms with Gasteiger partial charge in [-0.3, -0.25) is 14.6 Å². The number of benzene rings is 1. The fraction of sp³-hybridized carbons (Fsp3) is 0.333. The highest BCUT2D eigenvalue weighted by atomic mass is 19.1. The average Bonchev–Trinajstić information content (AvgIpc) is 2.94. The van der Waals surface area contributed by atoms with E-state index in [0.717, 1.165) is 0 Å². The van der Waals surface area contributed by atoms with Gasteiger partial charge in [0.15, 0.2) is 6.10 Å². The molecule has 2 aromatic rings. The van der Waals surface area contributed by atoms with E-state index in [0.29, 0.717) is 38.2 Å². The van der Waals surface area contributed by atoms with E-state index < -0.39 is 17.8 Å². The molecule has 0 spiro atoms. The van der Waals surface area contributed by atoms with E-state index in [2.05, 4.69) is 9.97 Å². The minimum atomic E-state index is -1.35. The topological polar surface area (TPSA) is 86.6 Å². The van der Waals surface area contributed by atoms with Crippen molar-refractivity contribution in [1.29, 1.82) is 0 Å². The molecule has 2 amide bonds. The third kappa shape index (κ3) is 4.02. The minimum absolute atomic E-state index is 0.230. The van der Waals surface area contributed by atoms with Crippen molar-refractivity contribution in [2.45, 2.75) is 12.5 Å². The molecule has 8 heteroatoms. The molecule has 3 rings (SSSR count). The Morgan fingerprint density at radius 2 is 1.73 bits per heavy atom. The standard InChI is InChI=1S/C18H19FN4O3/c19-14-4-2-13(3-5-14)16(24)18(26)23-9-1-8-22(10-11-23)17(25)15-12-20-6-7-21-15/h2-7,12,16,24H,1,8-11H2. The van der Waals surface area contributed by atoms with Crippen LogP contribution >= 0.6 is 0 Å². The molecular formula is C18H19FN4O3. The summed E-state index contributed by atoms with van der Waals surface area (Å²) in [5.74, 6) is -1.11. The first-order chi connectivity index (χ1) is 12.6. The highest BCUT2D eigenvalue weighted by molar-refractivity contribution is 5.92. The van der Waals surface area contributed by atoms with Gasteiger partial charge in [0, 0.05) is 38.6 Å². The molecule has 26 heavy (non-hydrogen) atoms. The Hall–Kier alpha value is -2.87. The lowest BCUT2D eigenvalue weighted by Gasteiger charge is -2.24. The zero-order chi connectivity index (χ0) is 18.5. The van der Waals surface area contributed by atoms with Crippen LogP contribution < -0.4 is 0 Å². The predicted molar refractivity (Wildman–Crippen MR) is 90.5 cm³/mol. The molecular weight excluding hydrogens is 339 g/mol. The van der Waals surface area contributed by atoms with Crippen LogP contribution in [0.5, 0.6) is 0 Å². The second-order valence-electron chi connectivity index (χ2n) is 6.02. The van der Waals surface area contributed by atoms with Crippen molar-refractivity contribution in [3.63, 3.8) is 0 Å². The largest absolute Gasteiger partial charge is 0.378 e. The molecule has 1 unspecified atom stereocenters. The van der Waals surface area contributed by atoms with Crippen LogP contribution in [0.25, 0.3) is 0 Å². The molecule has 1 fully saturated rings. The summed E-state index contributed by atoms with van der Waals surface area (Å²) in [4.78, 5) is 36.0. The van der Waals surface area contributed by atoms with Gasteiger partial charge in [0.05, 0.1) is 6.20 Å². The first-order valence-corrected chi connectivity index (χ1v) is 8.34. The van der Waals surface area contributed by atoms with E-state index in [4.69, 9.17) is 0 Å². The van der Waals surface area contributed by atoms with Crippen LogP contribution in [0.2, 0.25) is 0 Å². The molecule has 0 aliphatic carbocycles. The Balaban J connectivity index is 1.63. The van der Waals surface area contributed by atoms with Crippen molar-refractivity contribution in [2.24, 2.45) is 0 Å². The van der Waals surface area contributed by atoms with Crippen LogP contribution in [0.15, 0.2) is 42.9 Å². The average molecular weight is 358 g/mol. The van der Waals surface area contributed by atoms with E-state index in [1.165, 1.54) is 47.8 Å². The Morgan fingerprint density at radius 1 is 1.04 bits per heavy atom. The molecule has 0 bridgehead atoms. The minimum Gasteiger partial charge on any atom is -0.378 e. The normalized spacial score (nSPS) is 16.1. The number of carbonyl (C=O) groups is 2. The number of aromatic nitrogens is 2. The van der Waals surface area contributed by atoms with Crippen LogP contribution in [-0.2, 0) is 4.79 Å². The van der Waals surface area contributed by atoms with Crippen LogP contribution in [0.3, 0.4) is 0 Å². The molecule has 1 aromatic heterocycles. The molecule has 1 atom stereocenters. The fourth-order valence-electron chi connectivity index (χ4n) is 2.87. The summed E-state index contributed by atoms with van der Waals surface area (Å²) < 4.78 is 13.0. The zero-order valence-corrected chi connectivity index (χ0v) is 14.1. The first kappa shape index (κ1) is 17.9. The lowest BCUT2D eigenvalue weighted by molar-refractivity contribution is -0.140. The van der Waals surface area contributed by atoms with Gasteiger partial charge in [0.1, 0.15) is 11.5 Å². The Bertz CT molecular complexity index is 770. The summed E-state index contributed by atoms with van der Waals surface area (Å²) in [7, 11) is 0. The highest BCUT2D eigenvalue weighted by Crippen LogP contribution is 2.18. The Morgan fingerprint density at radius 3 is 2.42 bits per heavy atom. The van der Waals surface area contributed by atoms with Crippen molar-refractivity contribution in [1.82, 2.24) is 19.8 Å². The molecule has 136 valence electrons. The van der Waals surface area contributed by atoms with Crippen LogP contribution in [-0.4, -0.2) is 62.9 Å². The molecule has 1 N–H and O–H groups in total. The van der Waals surface area contributed by atoms with E-state index in [-0.39, 0.29) is 11.6 Å². The SMILES string of the molecule is O=C(c1cnccn1)N1CCCN(C(=O)C(O)c2ccc(F)cc2)CC1. The van der Waals surface area contributed by atoms with Gasteiger partial charge in [-0.15, -0.1) is 0 Å². The zero-order valence-electron chi connectivity index (χ0n) is 14.1. The van der Waals surface area contributed by atoms with E-state index in [1.807, 2.05) is 0 Å². The van der Waals surface area contributed by atoms with Gasteiger partial charge in [0.25, 0.3) is 11.8 Å². The van der Waals surface area contributed by atoms with Crippen molar-refractivity contribution < 1.29 is 19.1 Å². The van der Waals surface area contributed by atoms with Crippen molar-refractivity contribution in [2.75, 3.05) is 26.2 Å². The molecule has 1 aliphatic heterocycles. The number of halogens is 1. The van der Waals surface area contributed by atoms with Gasteiger partial charge in [0.2, 0.25) is 0 Å². The Kier molecular flexibility index (Phi) is 5.52. The van der Waals surface area contributed by atoms with Crippen LogP contribution in [0.1, 0.15) is 28.6 Å². The maximum absolute atomic E-state index is 13.0. The summed E-state index contributed by atoms with van der Waals surface area (Å²) in [6, 6.07) is 5.18.